The third kappa shape index (κ3) is 5.03. The van der Waals surface area contributed by atoms with E-state index < -0.39 is 0 Å². The van der Waals surface area contributed by atoms with Crippen LogP contribution in [0.25, 0.3) is 0 Å². The molecule has 1 N–H and O–H groups in total. The Bertz CT molecular complexity index is 674. The van der Waals surface area contributed by atoms with Gasteiger partial charge >= 0.3 is 0 Å². The average Bonchev–Trinajstić information content (AvgIpc) is 3.12. The third-order valence-electron chi connectivity index (χ3n) is 4.48. The van der Waals surface area contributed by atoms with Gasteiger partial charge in [0, 0.05) is 50.8 Å². The number of nitrogens with one attached hydrogen (secondary N) is 1. The number of benzene rings is 1. The Labute approximate surface area is 154 Å². The summed E-state index contributed by atoms with van der Waals surface area (Å²) in [6.07, 6.45) is 3.03. The summed E-state index contributed by atoms with van der Waals surface area (Å²) >= 11 is 1.78. The zero-order valence-electron chi connectivity index (χ0n) is 15.1. The maximum absolute atomic E-state index is 4.47. The molecule has 5 nitrogen and oxygen atoms in total. The lowest BCUT2D eigenvalue weighted by molar-refractivity contribution is 0.172. The van der Waals surface area contributed by atoms with Crippen LogP contribution in [0.4, 0.5) is 0 Å². The quantitative estimate of drug-likeness (QED) is 0.660. The van der Waals surface area contributed by atoms with E-state index in [1.807, 2.05) is 13.2 Å². The zero-order chi connectivity index (χ0) is 17.5. The molecule has 0 bridgehead atoms. The van der Waals surface area contributed by atoms with Gasteiger partial charge in [0.05, 0.1) is 6.54 Å². The first-order valence-corrected chi connectivity index (χ1v) is 9.75. The highest BCUT2D eigenvalue weighted by molar-refractivity contribution is 7.11. The Morgan fingerprint density at radius 1 is 1.20 bits per heavy atom. The van der Waals surface area contributed by atoms with Crippen LogP contribution in [0.2, 0.25) is 0 Å². The number of aryl methyl sites for hydroxylation is 1. The van der Waals surface area contributed by atoms with E-state index in [-0.39, 0.29) is 0 Å². The molecule has 2 aromatic rings. The Morgan fingerprint density at radius 2 is 1.96 bits per heavy atom. The summed E-state index contributed by atoms with van der Waals surface area (Å²) in [5.74, 6) is 0.979. The maximum Gasteiger partial charge on any atom is 0.194 e. The zero-order valence-corrected chi connectivity index (χ0v) is 15.9. The van der Waals surface area contributed by atoms with Gasteiger partial charge in [0.25, 0.3) is 0 Å². The first-order valence-electron chi connectivity index (χ1n) is 8.94. The lowest BCUT2D eigenvalue weighted by atomic mass is 10.2. The Kier molecular flexibility index (Phi) is 6.42. The monoisotopic (exact) mass is 357 g/mol. The Morgan fingerprint density at radius 3 is 2.60 bits per heavy atom. The Hall–Kier alpha value is -1.92. The second-order valence-corrected chi connectivity index (χ2v) is 7.42. The van der Waals surface area contributed by atoms with Crippen LogP contribution in [0.5, 0.6) is 0 Å². The van der Waals surface area contributed by atoms with Gasteiger partial charge in [0.1, 0.15) is 5.01 Å². The number of guanidine groups is 1. The average molecular weight is 358 g/mol. The second-order valence-electron chi connectivity index (χ2n) is 6.22. The predicted octanol–water partition coefficient (Wildman–Crippen LogP) is 2.60. The van der Waals surface area contributed by atoms with Crippen molar-refractivity contribution in [3.8, 4) is 0 Å². The summed E-state index contributed by atoms with van der Waals surface area (Å²) in [6, 6.07) is 10.7. The van der Waals surface area contributed by atoms with Gasteiger partial charge < -0.3 is 10.2 Å². The first kappa shape index (κ1) is 17.9. The van der Waals surface area contributed by atoms with Crippen LogP contribution in [-0.4, -0.2) is 54.0 Å². The number of thiazole rings is 1. The van der Waals surface area contributed by atoms with Gasteiger partial charge in [-0.25, -0.2) is 4.98 Å². The predicted molar refractivity (Wildman–Crippen MR) is 105 cm³/mol. The molecule has 134 valence electrons. The fourth-order valence-corrected chi connectivity index (χ4v) is 3.84. The number of rotatable bonds is 5. The number of nitrogens with zero attached hydrogens (tertiary/aromatic N) is 4. The highest BCUT2D eigenvalue weighted by Crippen LogP contribution is 2.13. The van der Waals surface area contributed by atoms with Crippen LogP contribution in [0.15, 0.2) is 41.5 Å². The van der Waals surface area contributed by atoms with Crippen LogP contribution in [-0.2, 0) is 19.5 Å². The van der Waals surface area contributed by atoms with Crippen LogP contribution in [0.1, 0.15) is 22.4 Å². The van der Waals surface area contributed by atoms with Gasteiger partial charge in [-0.05, 0) is 12.0 Å². The van der Waals surface area contributed by atoms with Crippen molar-refractivity contribution in [2.75, 3.05) is 33.2 Å². The molecule has 2 heterocycles. The standard InChI is InChI=1S/C19H27N5S/c1-3-17-13-21-18(25-17)14-22-19(20-2)24-11-9-23(10-12-24)15-16-7-5-4-6-8-16/h4-8,13H,3,9-12,14-15H2,1-2H3,(H,20,22). The minimum atomic E-state index is 0.752. The molecule has 1 aliphatic rings. The molecule has 25 heavy (non-hydrogen) atoms. The van der Waals surface area contributed by atoms with Crippen LogP contribution < -0.4 is 5.32 Å². The van der Waals surface area contributed by atoms with Gasteiger partial charge in [-0.15, -0.1) is 11.3 Å². The fourth-order valence-electron chi connectivity index (χ4n) is 3.04. The molecule has 0 atom stereocenters. The lowest BCUT2D eigenvalue weighted by Crippen LogP contribution is -2.52. The van der Waals surface area contributed by atoms with Crippen molar-refractivity contribution in [1.29, 1.82) is 0 Å². The van der Waals surface area contributed by atoms with Crippen molar-refractivity contribution in [2.24, 2.45) is 4.99 Å². The van der Waals surface area contributed by atoms with E-state index in [1.54, 1.807) is 11.3 Å². The van der Waals surface area contributed by atoms with Crippen LogP contribution in [0.3, 0.4) is 0 Å². The molecule has 0 aliphatic carbocycles. The molecule has 1 fully saturated rings. The number of piperazine rings is 1. The SMILES string of the molecule is CCc1cnc(CNC(=NC)N2CCN(Cc3ccccc3)CC2)s1. The minimum Gasteiger partial charge on any atom is -0.350 e. The van der Waals surface area contributed by atoms with Crippen molar-refractivity contribution in [3.05, 3.63) is 52.0 Å². The summed E-state index contributed by atoms with van der Waals surface area (Å²) in [5.41, 5.74) is 1.38. The molecule has 0 radical (unpaired) electrons. The van der Waals surface area contributed by atoms with Crippen molar-refractivity contribution in [1.82, 2.24) is 20.1 Å². The highest BCUT2D eigenvalue weighted by Gasteiger charge is 2.19. The molecule has 1 saturated heterocycles. The molecule has 3 rings (SSSR count). The molecule has 0 unspecified atom stereocenters. The molecule has 0 amide bonds. The minimum absolute atomic E-state index is 0.752. The summed E-state index contributed by atoms with van der Waals surface area (Å²) < 4.78 is 0. The second kappa shape index (κ2) is 8.97. The first-order chi connectivity index (χ1) is 12.3. The van der Waals surface area contributed by atoms with Gasteiger partial charge in [-0.2, -0.15) is 0 Å². The molecular weight excluding hydrogens is 330 g/mol. The summed E-state index contributed by atoms with van der Waals surface area (Å²) in [7, 11) is 1.86. The molecule has 1 aromatic heterocycles. The van der Waals surface area contributed by atoms with Crippen molar-refractivity contribution in [2.45, 2.75) is 26.4 Å². The van der Waals surface area contributed by atoms with E-state index in [0.29, 0.717) is 0 Å². The van der Waals surface area contributed by atoms with E-state index in [9.17, 15) is 0 Å². The summed E-state index contributed by atoms with van der Waals surface area (Å²) in [6.45, 7) is 8.08. The van der Waals surface area contributed by atoms with Crippen molar-refractivity contribution in [3.63, 3.8) is 0 Å². The molecular formula is C19H27N5S. The summed E-state index contributed by atoms with van der Waals surface area (Å²) in [4.78, 5) is 15.1. The molecule has 0 spiro atoms. The highest BCUT2D eigenvalue weighted by atomic mass is 32.1. The van der Waals surface area contributed by atoms with Crippen LogP contribution >= 0.6 is 11.3 Å². The van der Waals surface area contributed by atoms with Gasteiger partial charge in [0.15, 0.2) is 5.96 Å². The maximum atomic E-state index is 4.47. The van der Waals surface area contributed by atoms with Crippen molar-refractivity contribution >= 4 is 17.3 Å². The topological polar surface area (TPSA) is 43.8 Å². The molecule has 1 aliphatic heterocycles. The smallest absolute Gasteiger partial charge is 0.194 e. The van der Waals surface area contributed by atoms with Gasteiger partial charge in [0.2, 0.25) is 0 Å². The molecule has 6 heteroatoms. The van der Waals surface area contributed by atoms with Crippen molar-refractivity contribution < 1.29 is 0 Å². The summed E-state index contributed by atoms with van der Waals surface area (Å²) in [5, 5.41) is 4.59. The number of aliphatic imine (C=N–C) groups is 1. The number of hydrogen-bond acceptors (Lipinski definition) is 4. The number of hydrogen-bond donors (Lipinski definition) is 1. The Balaban J connectivity index is 1.47. The van der Waals surface area contributed by atoms with E-state index in [4.69, 9.17) is 0 Å². The number of aromatic nitrogens is 1. The van der Waals surface area contributed by atoms with Gasteiger partial charge in [-0.3, -0.25) is 9.89 Å². The fraction of sp³-hybridized carbons (Fsp3) is 0.474. The van der Waals surface area contributed by atoms with Gasteiger partial charge in [-0.1, -0.05) is 37.3 Å². The molecule has 0 saturated carbocycles. The van der Waals surface area contributed by atoms with E-state index in [2.05, 4.69) is 62.3 Å². The van der Waals surface area contributed by atoms with E-state index in [0.717, 1.165) is 56.7 Å². The van der Waals surface area contributed by atoms with E-state index in [1.165, 1.54) is 10.4 Å². The van der Waals surface area contributed by atoms with Crippen LogP contribution in [0, 0.1) is 0 Å². The lowest BCUT2D eigenvalue weighted by Gasteiger charge is -2.36. The van der Waals surface area contributed by atoms with E-state index >= 15 is 0 Å². The molecule has 1 aromatic carbocycles. The third-order valence-corrected chi connectivity index (χ3v) is 5.62. The normalized spacial score (nSPS) is 16.2. The largest absolute Gasteiger partial charge is 0.350 e.